The van der Waals surface area contributed by atoms with Gasteiger partial charge in [0, 0.05) is 16.1 Å². The highest BCUT2D eigenvalue weighted by Gasteiger charge is 2.34. The average Bonchev–Trinajstić information content (AvgIpc) is 3.08. The molecule has 1 saturated heterocycles. The van der Waals surface area contributed by atoms with Crippen LogP contribution in [0.1, 0.15) is 11.1 Å². The molecule has 7 heteroatoms. The van der Waals surface area contributed by atoms with Gasteiger partial charge in [0.25, 0.3) is 11.8 Å². The number of hydrogen-bond donors (Lipinski definition) is 1. The van der Waals surface area contributed by atoms with Gasteiger partial charge in [0.1, 0.15) is 12.2 Å². The lowest BCUT2D eigenvalue weighted by Gasteiger charge is -2.15. The lowest BCUT2D eigenvalue weighted by Crippen LogP contribution is -2.35. The van der Waals surface area contributed by atoms with Gasteiger partial charge in [0.2, 0.25) is 0 Å². The van der Waals surface area contributed by atoms with Crippen molar-refractivity contribution in [3.05, 3.63) is 94.5 Å². The number of anilines is 1. The molecule has 156 valence electrons. The van der Waals surface area contributed by atoms with Crippen LogP contribution in [0, 0.1) is 0 Å². The number of nitrogens with zero attached hydrogens (tertiary/aromatic N) is 1. The van der Waals surface area contributed by atoms with Crippen LogP contribution >= 0.6 is 11.6 Å². The Balaban J connectivity index is 1.66. The van der Waals surface area contributed by atoms with Crippen LogP contribution in [0.15, 0.2) is 78.4 Å². The van der Waals surface area contributed by atoms with E-state index in [2.05, 4.69) is 5.43 Å². The molecule has 0 aliphatic carbocycles. The second-order valence-corrected chi connectivity index (χ2v) is 7.14. The minimum absolute atomic E-state index is 0.000278. The van der Waals surface area contributed by atoms with Crippen LogP contribution in [0.5, 0.6) is 11.5 Å². The van der Waals surface area contributed by atoms with Crippen LogP contribution in [-0.4, -0.2) is 18.9 Å². The first-order valence-corrected chi connectivity index (χ1v) is 9.91. The Kier molecular flexibility index (Phi) is 5.91. The zero-order valence-electron chi connectivity index (χ0n) is 16.7. The number of ether oxygens (including phenoxy) is 2. The van der Waals surface area contributed by atoms with Gasteiger partial charge in [0.15, 0.2) is 11.5 Å². The molecule has 1 N–H and O–H groups in total. The Hall–Kier alpha value is -3.77. The monoisotopic (exact) mass is 434 g/mol. The number of hydrogen-bond acceptors (Lipinski definition) is 4. The van der Waals surface area contributed by atoms with Gasteiger partial charge >= 0.3 is 0 Å². The van der Waals surface area contributed by atoms with Crippen molar-refractivity contribution in [3.8, 4) is 11.5 Å². The summed E-state index contributed by atoms with van der Waals surface area (Å²) in [5, 5.41) is 1.81. The van der Waals surface area contributed by atoms with Crippen molar-refractivity contribution in [3.63, 3.8) is 0 Å². The Morgan fingerprint density at radius 2 is 1.71 bits per heavy atom. The van der Waals surface area contributed by atoms with Crippen LogP contribution in [0.3, 0.4) is 0 Å². The molecule has 0 spiro atoms. The van der Waals surface area contributed by atoms with Crippen molar-refractivity contribution < 1.29 is 19.1 Å². The van der Waals surface area contributed by atoms with E-state index in [0.29, 0.717) is 27.8 Å². The molecule has 0 aromatic heterocycles. The summed E-state index contributed by atoms with van der Waals surface area (Å²) in [6.07, 6.45) is 1.51. The van der Waals surface area contributed by atoms with E-state index in [9.17, 15) is 9.59 Å². The summed E-state index contributed by atoms with van der Waals surface area (Å²) in [5.74, 6) is -0.0480. The van der Waals surface area contributed by atoms with Crippen molar-refractivity contribution in [2.75, 3.05) is 12.1 Å². The number of halogens is 1. The van der Waals surface area contributed by atoms with E-state index in [1.807, 2.05) is 24.3 Å². The number of benzene rings is 3. The number of nitrogens with one attached hydrogen (secondary N) is 1. The fourth-order valence-electron chi connectivity index (χ4n) is 3.20. The van der Waals surface area contributed by atoms with E-state index >= 15 is 0 Å². The third kappa shape index (κ3) is 4.25. The quantitative estimate of drug-likeness (QED) is 0.461. The fraction of sp³-hybridized carbons (Fsp3) is 0.0833. The minimum Gasteiger partial charge on any atom is -0.493 e. The van der Waals surface area contributed by atoms with Crippen LogP contribution in [-0.2, 0) is 16.2 Å². The molecule has 4 rings (SSSR count). The Morgan fingerprint density at radius 3 is 2.45 bits per heavy atom. The molecule has 1 fully saturated rings. The topological polar surface area (TPSA) is 67.9 Å². The van der Waals surface area contributed by atoms with E-state index < -0.39 is 11.8 Å². The number of rotatable bonds is 6. The van der Waals surface area contributed by atoms with Gasteiger partial charge in [-0.2, -0.15) is 0 Å². The number of hydrazine groups is 1. The van der Waals surface area contributed by atoms with Gasteiger partial charge < -0.3 is 9.47 Å². The molecular formula is C24H19ClN2O4. The number of para-hydroxylation sites is 2. The van der Waals surface area contributed by atoms with E-state index in [4.69, 9.17) is 21.1 Å². The predicted molar refractivity (Wildman–Crippen MR) is 119 cm³/mol. The molecular weight excluding hydrogens is 416 g/mol. The molecule has 1 aliphatic rings. The van der Waals surface area contributed by atoms with Crippen molar-refractivity contribution >= 4 is 35.2 Å². The van der Waals surface area contributed by atoms with Crippen LogP contribution in [0.4, 0.5) is 5.69 Å². The molecule has 1 aliphatic heterocycles. The van der Waals surface area contributed by atoms with E-state index in [1.54, 1.807) is 48.5 Å². The molecule has 0 unspecified atom stereocenters. The lowest BCUT2D eigenvalue weighted by molar-refractivity contribution is -0.117. The maximum atomic E-state index is 12.9. The van der Waals surface area contributed by atoms with Crippen molar-refractivity contribution in [1.29, 1.82) is 0 Å². The summed E-state index contributed by atoms with van der Waals surface area (Å²) in [6.45, 7) is 0.201. The summed E-state index contributed by atoms with van der Waals surface area (Å²) in [5.41, 5.74) is 4.51. The first-order valence-electron chi connectivity index (χ1n) is 9.54. The summed E-state index contributed by atoms with van der Waals surface area (Å²) >= 11 is 6.23. The predicted octanol–water partition coefficient (Wildman–Crippen LogP) is 4.39. The number of methoxy groups -OCH3 is 1. The summed E-state index contributed by atoms with van der Waals surface area (Å²) < 4.78 is 11.4. The summed E-state index contributed by atoms with van der Waals surface area (Å²) in [4.78, 5) is 25.4. The average molecular weight is 435 g/mol. The van der Waals surface area contributed by atoms with Gasteiger partial charge in [-0.05, 0) is 30.3 Å². The maximum absolute atomic E-state index is 12.9. The van der Waals surface area contributed by atoms with Crippen molar-refractivity contribution in [2.24, 2.45) is 0 Å². The Bertz CT molecular complexity index is 1160. The summed E-state index contributed by atoms with van der Waals surface area (Å²) in [7, 11) is 1.53. The van der Waals surface area contributed by atoms with Gasteiger partial charge in [-0.25, -0.2) is 5.01 Å². The third-order valence-corrected chi connectivity index (χ3v) is 5.13. The smallest absolute Gasteiger partial charge is 0.282 e. The molecule has 0 saturated carbocycles. The maximum Gasteiger partial charge on any atom is 0.282 e. The van der Waals surface area contributed by atoms with Gasteiger partial charge in [0.05, 0.1) is 12.8 Å². The lowest BCUT2D eigenvalue weighted by atomic mass is 10.1. The van der Waals surface area contributed by atoms with Crippen LogP contribution in [0.25, 0.3) is 6.08 Å². The SMILES string of the molecule is COc1cccc(/C=C2\C(=O)NN(c3ccccc3)C2=O)c1OCc1ccccc1Cl. The molecule has 0 atom stereocenters. The number of carbonyl (C=O) groups is 2. The molecule has 6 nitrogen and oxygen atoms in total. The minimum atomic E-state index is -0.492. The first kappa shape index (κ1) is 20.5. The number of amides is 2. The zero-order chi connectivity index (χ0) is 21.8. The van der Waals surface area contributed by atoms with E-state index in [-0.39, 0.29) is 12.2 Å². The first-order chi connectivity index (χ1) is 15.1. The second kappa shape index (κ2) is 8.93. The molecule has 1 heterocycles. The molecule has 3 aromatic rings. The summed E-state index contributed by atoms with van der Waals surface area (Å²) in [6, 6.07) is 21.5. The standard InChI is InChI=1S/C24H19ClN2O4/c1-30-21-13-7-9-16(22(21)31-15-17-8-5-6-12-20(17)25)14-19-23(28)26-27(24(19)29)18-10-3-2-4-11-18/h2-14H,15H2,1H3,(H,26,28)/b19-14+. The van der Waals surface area contributed by atoms with Gasteiger partial charge in [-0.3, -0.25) is 15.0 Å². The normalized spacial score (nSPS) is 14.6. The van der Waals surface area contributed by atoms with Crippen LogP contribution in [0.2, 0.25) is 5.02 Å². The zero-order valence-corrected chi connectivity index (χ0v) is 17.4. The third-order valence-electron chi connectivity index (χ3n) is 4.76. The van der Waals surface area contributed by atoms with E-state index in [0.717, 1.165) is 5.56 Å². The largest absolute Gasteiger partial charge is 0.493 e. The molecule has 0 bridgehead atoms. The van der Waals surface area contributed by atoms with Crippen molar-refractivity contribution in [1.82, 2.24) is 5.43 Å². The molecule has 3 aromatic carbocycles. The molecule has 2 amide bonds. The van der Waals surface area contributed by atoms with Gasteiger partial charge in [-0.1, -0.05) is 60.1 Å². The molecule has 31 heavy (non-hydrogen) atoms. The highest BCUT2D eigenvalue weighted by molar-refractivity contribution is 6.32. The highest BCUT2D eigenvalue weighted by Crippen LogP contribution is 2.34. The van der Waals surface area contributed by atoms with E-state index in [1.165, 1.54) is 18.2 Å². The Morgan fingerprint density at radius 1 is 0.968 bits per heavy atom. The Labute approximate surface area is 184 Å². The fourth-order valence-corrected chi connectivity index (χ4v) is 3.39. The van der Waals surface area contributed by atoms with Crippen LogP contribution < -0.4 is 19.9 Å². The highest BCUT2D eigenvalue weighted by atomic mass is 35.5. The number of carbonyl (C=O) groups excluding carboxylic acids is 2. The molecule has 0 radical (unpaired) electrons. The van der Waals surface area contributed by atoms with Gasteiger partial charge in [-0.15, -0.1) is 0 Å². The second-order valence-electron chi connectivity index (χ2n) is 6.73. The van der Waals surface area contributed by atoms with Crippen molar-refractivity contribution in [2.45, 2.75) is 6.61 Å².